The van der Waals surface area contributed by atoms with Crippen LogP contribution >= 0.6 is 0 Å². The second-order valence-corrected chi connectivity index (χ2v) is 6.48. The van der Waals surface area contributed by atoms with Crippen LogP contribution in [0.15, 0.2) is 18.2 Å². The lowest BCUT2D eigenvalue weighted by molar-refractivity contribution is -0.118. The zero-order valence-electron chi connectivity index (χ0n) is 14.1. The molecule has 0 spiro atoms. The minimum absolute atomic E-state index is 0.0333. The van der Waals surface area contributed by atoms with Gasteiger partial charge in [-0.1, -0.05) is 6.07 Å². The Labute approximate surface area is 132 Å². The Kier molecular flexibility index (Phi) is 4.54. The Hall–Kier alpha value is -1.53. The summed E-state index contributed by atoms with van der Waals surface area (Å²) in [6, 6.07) is 5.37. The molecule has 6 heteroatoms. The van der Waals surface area contributed by atoms with Crippen LogP contribution < -0.4 is 14.9 Å². The zero-order chi connectivity index (χ0) is 16.5. The molecular weight excluding hydrogens is 283 g/mol. The van der Waals surface area contributed by atoms with Crippen molar-refractivity contribution in [2.24, 2.45) is 0 Å². The van der Waals surface area contributed by atoms with E-state index in [2.05, 4.69) is 0 Å². The van der Waals surface area contributed by atoms with Gasteiger partial charge in [-0.3, -0.25) is 4.79 Å². The van der Waals surface area contributed by atoms with E-state index in [-0.39, 0.29) is 12.4 Å². The van der Waals surface area contributed by atoms with Gasteiger partial charge >= 0.3 is 7.12 Å². The van der Waals surface area contributed by atoms with Gasteiger partial charge in [0.1, 0.15) is 18.1 Å². The van der Waals surface area contributed by atoms with Gasteiger partial charge in [0, 0.05) is 11.5 Å². The van der Waals surface area contributed by atoms with E-state index in [0.717, 1.165) is 5.46 Å². The van der Waals surface area contributed by atoms with Crippen LogP contribution in [-0.4, -0.2) is 37.8 Å². The van der Waals surface area contributed by atoms with E-state index in [9.17, 15) is 4.79 Å². The molecule has 1 aromatic carbocycles. The summed E-state index contributed by atoms with van der Waals surface area (Å²) in [5.74, 6) is 1.15. The normalized spacial score (nSPS) is 19.1. The Morgan fingerprint density at radius 1 is 1.18 bits per heavy atom. The van der Waals surface area contributed by atoms with Crippen LogP contribution in [0.1, 0.15) is 34.6 Å². The minimum Gasteiger partial charge on any atom is -0.497 e. The summed E-state index contributed by atoms with van der Waals surface area (Å²) in [5.41, 5.74) is -0.0183. The van der Waals surface area contributed by atoms with Gasteiger partial charge in [0.25, 0.3) is 0 Å². The second kappa shape index (κ2) is 5.93. The number of benzene rings is 1. The molecule has 0 aromatic heterocycles. The maximum atomic E-state index is 11.0. The summed E-state index contributed by atoms with van der Waals surface area (Å²) in [6.07, 6.45) is 0. The first-order valence-corrected chi connectivity index (χ1v) is 7.32. The summed E-state index contributed by atoms with van der Waals surface area (Å²) < 4.78 is 22.9. The predicted molar refractivity (Wildman–Crippen MR) is 84.9 cm³/mol. The van der Waals surface area contributed by atoms with Gasteiger partial charge in [-0.2, -0.15) is 0 Å². The van der Waals surface area contributed by atoms with Crippen LogP contribution in [-0.2, 0) is 14.1 Å². The van der Waals surface area contributed by atoms with Gasteiger partial charge in [-0.05, 0) is 40.7 Å². The molecule has 1 aromatic rings. The topological polar surface area (TPSA) is 54.0 Å². The molecule has 1 saturated heterocycles. The molecule has 0 amide bonds. The van der Waals surface area contributed by atoms with Crippen molar-refractivity contribution in [1.82, 2.24) is 0 Å². The van der Waals surface area contributed by atoms with Crippen molar-refractivity contribution < 1.29 is 23.6 Å². The smallest absolute Gasteiger partial charge is 0.497 e. The van der Waals surface area contributed by atoms with Crippen LogP contribution in [0.25, 0.3) is 0 Å². The largest absolute Gasteiger partial charge is 0.498 e. The second-order valence-electron chi connectivity index (χ2n) is 6.48. The van der Waals surface area contributed by atoms with Gasteiger partial charge in [-0.25, -0.2) is 0 Å². The highest BCUT2D eigenvalue weighted by Gasteiger charge is 2.52. The van der Waals surface area contributed by atoms with Crippen molar-refractivity contribution in [3.63, 3.8) is 0 Å². The number of ether oxygens (including phenoxy) is 2. The lowest BCUT2D eigenvalue weighted by atomic mass is 9.78. The fourth-order valence-corrected chi connectivity index (χ4v) is 2.13. The minimum atomic E-state index is -0.498. The molecule has 120 valence electrons. The fourth-order valence-electron chi connectivity index (χ4n) is 2.13. The van der Waals surface area contributed by atoms with Crippen LogP contribution in [0.5, 0.6) is 11.5 Å². The summed E-state index contributed by atoms with van der Waals surface area (Å²) >= 11 is 0. The number of ketones is 1. The third kappa shape index (κ3) is 3.28. The van der Waals surface area contributed by atoms with E-state index in [1.165, 1.54) is 6.92 Å². The van der Waals surface area contributed by atoms with Gasteiger partial charge in [0.05, 0.1) is 18.3 Å². The van der Waals surface area contributed by atoms with Crippen LogP contribution in [0, 0.1) is 0 Å². The van der Waals surface area contributed by atoms with Crippen molar-refractivity contribution >= 4 is 18.4 Å². The summed E-state index contributed by atoms with van der Waals surface area (Å²) in [4.78, 5) is 11.0. The van der Waals surface area contributed by atoms with Crippen LogP contribution in [0.3, 0.4) is 0 Å². The van der Waals surface area contributed by atoms with E-state index in [1.807, 2.05) is 33.8 Å². The number of rotatable bonds is 5. The van der Waals surface area contributed by atoms with E-state index in [0.29, 0.717) is 11.5 Å². The third-order valence-corrected chi connectivity index (χ3v) is 4.15. The first-order valence-electron chi connectivity index (χ1n) is 7.32. The number of hydrogen-bond acceptors (Lipinski definition) is 5. The number of carbonyl (C=O) groups excluding carboxylic acids is 1. The lowest BCUT2D eigenvalue weighted by Gasteiger charge is -2.32. The molecule has 1 aliphatic rings. The molecule has 1 fully saturated rings. The first kappa shape index (κ1) is 16.8. The number of carbonyl (C=O) groups is 1. The standard InChI is InChI=1S/C16H23BO5/c1-11(18)10-20-12-7-8-13(14(9-12)19-6)17-21-15(2,3)16(4,5)22-17/h7-9H,10H2,1-6H3. The Bertz CT molecular complexity index is 552. The highest BCUT2D eigenvalue weighted by atomic mass is 16.7. The van der Waals surface area contributed by atoms with Crippen molar-refractivity contribution in [3.05, 3.63) is 18.2 Å². The molecule has 0 radical (unpaired) electrons. The molecule has 0 aliphatic carbocycles. The molecule has 1 aliphatic heterocycles. The molecule has 2 rings (SSSR count). The number of methoxy groups -OCH3 is 1. The van der Waals surface area contributed by atoms with Gasteiger partial charge in [0.15, 0.2) is 5.78 Å². The van der Waals surface area contributed by atoms with Gasteiger partial charge < -0.3 is 18.8 Å². The number of hydrogen-bond donors (Lipinski definition) is 0. The van der Waals surface area contributed by atoms with Crippen molar-refractivity contribution in [1.29, 1.82) is 0 Å². The summed E-state index contributed by atoms with van der Waals surface area (Å²) in [5, 5.41) is 0. The number of Topliss-reactive ketones (excluding diaryl/α,β-unsaturated/α-hetero) is 1. The van der Waals surface area contributed by atoms with Gasteiger partial charge in [0.2, 0.25) is 0 Å². The molecule has 5 nitrogen and oxygen atoms in total. The molecule has 1 heterocycles. The van der Waals surface area contributed by atoms with E-state index in [1.54, 1.807) is 19.2 Å². The molecule has 0 N–H and O–H groups in total. The summed E-state index contributed by atoms with van der Waals surface area (Å²) in [7, 11) is 1.08. The SMILES string of the molecule is COc1cc(OCC(C)=O)ccc1B1OC(C)(C)C(C)(C)O1. The Morgan fingerprint density at radius 2 is 1.77 bits per heavy atom. The maximum absolute atomic E-state index is 11.0. The average Bonchev–Trinajstić information content (AvgIpc) is 2.64. The third-order valence-electron chi connectivity index (χ3n) is 4.15. The predicted octanol–water partition coefficient (Wildman–Crippen LogP) is 1.96. The highest BCUT2D eigenvalue weighted by Crippen LogP contribution is 2.37. The monoisotopic (exact) mass is 306 g/mol. The van der Waals surface area contributed by atoms with Gasteiger partial charge in [-0.15, -0.1) is 0 Å². The van der Waals surface area contributed by atoms with Crippen molar-refractivity contribution in [2.45, 2.75) is 45.8 Å². The zero-order valence-corrected chi connectivity index (χ0v) is 14.1. The lowest BCUT2D eigenvalue weighted by Crippen LogP contribution is -2.41. The van der Waals surface area contributed by atoms with E-state index in [4.69, 9.17) is 18.8 Å². The first-order chi connectivity index (χ1) is 10.2. The average molecular weight is 306 g/mol. The molecule has 0 saturated carbocycles. The fraction of sp³-hybridized carbons (Fsp3) is 0.562. The van der Waals surface area contributed by atoms with E-state index < -0.39 is 18.3 Å². The quantitative estimate of drug-likeness (QED) is 0.778. The van der Waals surface area contributed by atoms with E-state index >= 15 is 0 Å². The van der Waals surface area contributed by atoms with Crippen molar-refractivity contribution in [3.8, 4) is 11.5 Å². The molecular formula is C16H23BO5. The molecule has 0 bridgehead atoms. The molecule has 22 heavy (non-hydrogen) atoms. The Balaban J connectivity index is 2.24. The Morgan fingerprint density at radius 3 is 2.27 bits per heavy atom. The van der Waals surface area contributed by atoms with Crippen molar-refractivity contribution in [2.75, 3.05) is 13.7 Å². The van der Waals surface area contributed by atoms with Crippen LogP contribution in [0.2, 0.25) is 0 Å². The highest BCUT2D eigenvalue weighted by molar-refractivity contribution is 6.63. The molecule has 0 atom stereocenters. The maximum Gasteiger partial charge on any atom is 0.498 e. The summed E-state index contributed by atoms with van der Waals surface area (Å²) in [6.45, 7) is 9.54. The molecule has 0 unspecified atom stereocenters. The van der Waals surface area contributed by atoms with Crippen LogP contribution in [0.4, 0.5) is 0 Å².